The van der Waals surface area contributed by atoms with Gasteiger partial charge in [0.05, 0.1) is 6.04 Å². The lowest BCUT2D eigenvalue weighted by molar-refractivity contribution is -0.143. The van der Waals surface area contributed by atoms with Crippen molar-refractivity contribution in [3.63, 3.8) is 0 Å². The number of nitrogens with one attached hydrogen (secondary N) is 3. The Balaban J connectivity index is 2.07. The first-order valence-electron chi connectivity index (χ1n) is 10.2. The molecule has 0 aliphatic heterocycles. The molecule has 178 valence electrons. The summed E-state index contributed by atoms with van der Waals surface area (Å²) in [6.45, 7) is 0. The molecule has 2 aromatic rings. The second kappa shape index (κ2) is 11.6. The first kappa shape index (κ1) is 25.3. The molecule has 0 fully saturated rings. The van der Waals surface area contributed by atoms with Crippen LogP contribution in [0.5, 0.6) is 0 Å². The number of carbonyl (C=O) groups excluding carboxylic acids is 3. The summed E-state index contributed by atoms with van der Waals surface area (Å²) in [6.07, 6.45) is 0.629. The highest BCUT2D eigenvalue weighted by atomic mass is 16.4. The van der Waals surface area contributed by atoms with Gasteiger partial charge in [0.25, 0.3) is 0 Å². The van der Waals surface area contributed by atoms with E-state index < -0.39 is 54.2 Å². The Morgan fingerprint density at radius 3 is 2.21 bits per heavy atom. The number of aromatic amines is 1. The topological polar surface area (TPSA) is 218 Å². The minimum atomic E-state index is -1.48. The zero-order chi connectivity index (χ0) is 24.5. The summed E-state index contributed by atoms with van der Waals surface area (Å²) >= 11 is 0. The minimum Gasteiger partial charge on any atom is -0.481 e. The number of nitrogens with two attached hydrogens (primary N) is 2. The summed E-state index contributed by atoms with van der Waals surface area (Å²) < 4.78 is 0. The average molecular weight is 461 g/mol. The maximum Gasteiger partial charge on any atom is 0.326 e. The number of aromatic nitrogens is 1. The zero-order valence-corrected chi connectivity index (χ0v) is 17.7. The first-order chi connectivity index (χ1) is 15.6. The van der Waals surface area contributed by atoms with Gasteiger partial charge in [-0.1, -0.05) is 18.2 Å². The fraction of sp³-hybridized carbons (Fsp3) is 0.381. The van der Waals surface area contributed by atoms with E-state index in [9.17, 15) is 29.1 Å². The monoisotopic (exact) mass is 461 g/mol. The van der Waals surface area contributed by atoms with Crippen molar-refractivity contribution in [2.45, 2.75) is 50.2 Å². The van der Waals surface area contributed by atoms with E-state index in [4.69, 9.17) is 16.6 Å². The molecule has 1 heterocycles. The summed E-state index contributed by atoms with van der Waals surface area (Å²) in [4.78, 5) is 61.6. The number of para-hydroxylation sites is 1. The van der Waals surface area contributed by atoms with Crippen molar-refractivity contribution in [2.24, 2.45) is 11.5 Å². The molecular weight excluding hydrogens is 434 g/mol. The minimum absolute atomic E-state index is 0.163. The second-order valence-corrected chi connectivity index (χ2v) is 7.57. The predicted molar refractivity (Wildman–Crippen MR) is 117 cm³/mol. The smallest absolute Gasteiger partial charge is 0.326 e. The van der Waals surface area contributed by atoms with Crippen LogP contribution in [0.1, 0.15) is 31.2 Å². The Labute approximate surface area is 188 Å². The van der Waals surface area contributed by atoms with E-state index in [1.807, 2.05) is 24.3 Å². The molecule has 1 aromatic carbocycles. The molecule has 2 rings (SSSR count). The van der Waals surface area contributed by atoms with E-state index in [-0.39, 0.29) is 25.7 Å². The number of hydrogen-bond acceptors (Lipinski definition) is 6. The van der Waals surface area contributed by atoms with Crippen molar-refractivity contribution in [2.75, 3.05) is 0 Å². The van der Waals surface area contributed by atoms with Gasteiger partial charge in [0.15, 0.2) is 0 Å². The summed E-state index contributed by atoms with van der Waals surface area (Å²) in [6, 6.07) is 3.65. The van der Waals surface area contributed by atoms with Crippen LogP contribution in [0.25, 0.3) is 10.9 Å². The molecule has 3 unspecified atom stereocenters. The molecule has 0 aliphatic rings. The van der Waals surface area contributed by atoms with Crippen LogP contribution in [0.3, 0.4) is 0 Å². The van der Waals surface area contributed by atoms with Gasteiger partial charge in [0.1, 0.15) is 12.1 Å². The van der Waals surface area contributed by atoms with Crippen molar-refractivity contribution in [3.05, 3.63) is 36.0 Å². The van der Waals surface area contributed by atoms with Gasteiger partial charge in [-0.05, 0) is 30.9 Å². The maximum atomic E-state index is 12.7. The number of primary amides is 1. The lowest BCUT2D eigenvalue weighted by Crippen LogP contribution is -2.55. The van der Waals surface area contributed by atoms with E-state index in [2.05, 4.69) is 15.6 Å². The van der Waals surface area contributed by atoms with Crippen molar-refractivity contribution in [1.29, 1.82) is 0 Å². The van der Waals surface area contributed by atoms with Crippen LogP contribution in [0, 0.1) is 0 Å². The Morgan fingerprint density at radius 2 is 1.58 bits per heavy atom. The molecule has 0 saturated heterocycles. The van der Waals surface area contributed by atoms with Crippen molar-refractivity contribution < 1.29 is 34.2 Å². The van der Waals surface area contributed by atoms with Crippen molar-refractivity contribution in [1.82, 2.24) is 15.6 Å². The number of carbonyl (C=O) groups is 5. The lowest BCUT2D eigenvalue weighted by Gasteiger charge is -2.22. The van der Waals surface area contributed by atoms with E-state index in [0.29, 0.717) is 0 Å². The highest BCUT2D eigenvalue weighted by Gasteiger charge is 2.28. The number of carboxylic acid groups (broad SMARTS) is 2. The van der Waals surface area contributed by atoms with Crippen molar-refractivity contribution >= 4 is 40.6 Å². The van der Waals surface area contributed by atoms with Crippen LogP contribution in [-0.2, 0) is 30.4 Å². The van der Waals surface area contributed by atoms with E-state index in [1.165, 1.54) is 0 Å². The molecule has 9 N–H and O–H groups in total. The van der Waals surface area contributed by atoms with Crippen LogP contribution in [-0.4, -0.2) is 63.0 Å². The molecule has 3 atom stereocenters. The molecule has 12 nitrogen and oxygen atoms in total. The fourth-order valence-electron chi connectivity index (χ4n) is 3.26. The quantitative estimate of drug-likeness (QED) is 0.200. The van der Waals surface area contributed by atoms with Crippen LogP contribution in [0.2, 0.25) is 0 Å². The molecule has 0 spiro atoms. The Morgan fingerprint density at radius 1 is 0.939 bits per heavy atom. The molecule has 33 heavy (non-hydrogen) atoms. The number of H-pyrrole nitrogens is 1. The predicted octanol–water partition coefficient (Wildman–Crippen LogP) is -0.778. The van der Waals surface area contributed by atoms with Gasteiger partial charge in [-0.2, -0.15) is 0 Å². The third kappa shape index (κ3) is 7.61. The van der Waals surface area contributed by atoms with Gasteiger partial charge < -0.3 is 37.3 Å². The molecule has 0 saturated carbocycles. The standard InChI is InChI=1S/C21H27N5O7/c22-13(9-11-10-24-14-4-2-1-3-12(11)14)19(30)25-15(5-7-17(23)27)20(31)26-16(21(32)33)6-8-18(28)29/h1-4,10,13,15-16,24H,5-9,22H2,(H2,23,27)(H,25,30)(H,26,31)(H,28,29)(H,32,33). The zero-order valence-electron chi connectivity index (χ0n) is 17.7. The Hall–Kier alpha value is -3.93. The van der Waals surface area contributed by atoms with Crippen molar-refractivity contribution in [3.8, 4) is 0 Å². The number of rotatable bonds is 13. The molecule has 0 bridgehead atoms. The Bertz CT molecular complexity index is 1030. The van der Waals surface area contributed by atoms with Gasteiger partial charge in [0.2, 0.25) is 17.7 Å². The summed E-state index contributed by atoms with van der Waals surface area (Å²) in [5.41, 5.74) is 12.8. The molecule has 0 radical (unpaired) electrons. The van der Waals surface area contributed by atoms with Gasteiger partial charge in [-0.15, -0.1) is 0 Å². The first-order valence-corrected chi connectivity index (χ1v) is 10.2. The highest BCUT2D eigenvalue weighted by molar-refractivity contribution is 5.93. The van der Waals surface area contributed by atoms with Gasteiger partial charge in [-0.3, -0.25) is 19.2 Å². The Kier molecular flexibility index (Phi) is 8.92. The van der Waals surface area contributed by atoms with Crippen LogP contribution >= 0.6 is 0 Å². The number of benzene rings is 1. The van der Waals surface area contributed by atoms with Crippen LogP contribution < -0.4 is 22.1 Å². The molecule has 1 aromatic heterocycles. The van der Waals surface area contributed by atoms with E-state index in [1.54, 1.807) is 6.20 Å². The third-order valence-corrected chi connectivity index (χ3v) is 5.03. The average Bonchev–Trinajstić information content (AvgIpc) is 3.16. The normalized spacial score (nSPS) is 13.6. The fourth-order valence-corrected chi connectivity index (χ4v) is 3.26. The van der Waals surface area contributed by atoms with Gasteiger partial charge >= 0.3 is 11.9 Å². The van der Waals surface area contributed by atoms with Gasteiger partial charge in [-0.25, -0.2) is 4.79 Å². The van der Waals surface area contributed by atoms with E-state index in [0.717, 1.165) is 16.5 Å². The van der Waals surface area contributed by atoms with Crippen LogP contribution in [0.4, 0.5) is 0 Å². The highest BCUT2D eigenvalue weighted by Crippen LogP contribution is 2.18. The largest absolute Gasteiger partial charge is 0.481 e. The molecule has 0 aliphatic carbocycles. The van der Waals surface area contributed by atoms with E-state index >= 15 is 0 Å². The number of aliphatic carboxylic acids is 2. The number of amides is 3. The SMILES string of the molecule is NC(=O)CCC(NC(=O)C(N)Cc1c[nH]c2ccccc12)C(=O)NC(CCC(=O)O)C(=O)O. The molecule has 3 amide bonds. The second-order valence-electron chi connectivity index (χ2n) is 7.57. The van der Waals surface area contributed by atoms with Crippen LogP contribution in [0.15, 0.2) is 30.5 Å². The number of fused-ring (bicyclic) bond motifs is 1. The lowest BCUT2D eigenvalue weighted by atomic mass is 10.0. The molecule has 12 heteroatoms. The summed E-state index contributed by atoms with van der Waals surface area (Å²) in [5, 5.41) is 23.5. The summed E-state index contributed by atoms with van der Waals surface area (Å²) in [7, 11) is 0. The maximum absolute atomic E-state index is 12.7. The summed E-state index contributed by atoms with van der Waals surface area (Å²) in [5.74, 6) is -4.94. The molecular formula is C21H27N5O7. The number of carboxylic acids is 2. The number of hydrogen-bond donors (Lipinski definition) is 7. The third-order valence-electron chi connectivity index (χ3n) is 5.03. The van der Waals surface area contributed by atoms with Gasteiger partial charge in [0, 0.05) is 29.9 Å².